The van der Waals surface area contributed by atoms with Gasteiger partial charge in [0.2, 0.25) is 0 Å². The number of ether oxygens (including phenoxy) is 1. The highest BCUT2D eigenvalue weighted by Gasteiger charge is 2.55. The minimum absolute atomic E-state index is 0.0315. The number of nitro groups is 1. The second-order valence-corrected chi connectivity index (χ2v) is 20.0. The number of nitro benzene ring substituents is 1. The number of aromatic amines is 2. The molecule has 5 aromatic carbocycles. The summed E-state index contributed by atoms with van der Waals surface area (Å²) in [5.74, 6) is 0.945. The third-order valence-electron chi connectivity index (χ3n) is 15.4. The number of hydrogen-bond donors (Lipinski definition) is 5. The van der Waals surface area contributed by atoms with Crippen LogP contribution in [0.4, 0.5) is 26.7 Å². The first-order valence-corrected chi connectivity index (χ1v) is 24.2. The minimum atomic E-state index is -0.558. The van der Waals surface area contributed by atoms with Crippen LogP contribution in [0.5, 0.6) is 5.75 Å². The Morgan fingerprint density at radius 1 is 0.629 bits per heavy atom. The zero-order valence-electron chi connectivity index (χ0n) is 38.5. The second kappa shape index (κ2) is 18.2. The van der Waals surface area contributed by atoms with Crippen LogP contribution in [-0.4, -0.2) is 62.6 Å². The van der Waals surface area contributed by atoms with Gasteiger partial charge in [0.05, 0.1) is 27.1 Å². The number of para-hydroxylation sites is 2. The molecule has 2 aromatic heterocycles. The van der Waals surface area contributed by atoms with E-state index in [1.807, 2.05) is 71.6 Å². The summed E-state index contributed by atoms with van der Waals surface area (Å²) in [7, 11) is 0. The van der Waals surface area contributed by atoms with Crippen LogP contribution in [0.1, 0.15) is 85.7 Å². The van der Waals surface area contributed by atoms with Gasteiger partial charge in [-0.1, -0.05) is 72.8 Å². The predicted molar refractivity (Wildman–Crippen MR) is 267 cm³/mol. The molecule has 7 aromatic rings. The largest absolute Gasteiger partial charge is 0.412 e. The summed E-state index contributed by atoms with van der Waals surface area (Å²) in [5, 5.41) is 37.3. The number of benzene rings is 5. The average Bonchev–Trinajstić information content (AvgIpc) is 3.99. The van der Waals surface area contributed by atoms with Gasteiger partial charge in [-0.25, -0.2) is 19.8 Å². The normalized spacial score (nSPS) is 24.1. The highest BCUT2D eigenvalue weighted by molar-refractivity contribution is 5.94. The molecule has 6 aliphatic rings. The van der Waals surface area contributed by atoms with E-state index < -0.39 is 11.0 Å². The number of aromatic nitrogens is 4. The molecule has 13 rings (SSSR count). The molecule has 4 heterocycles. The van der Waals surface area contributed by atoms with Gasteiger partial charge in [-0.2, -0.15) is 10.2 Å². The van der Waals surface area contributed by atoms with Crippen molar-refractivity contribution in [3.05, 3.63) is 175 Å². The highest BCUT2D eigenvalue weighted by Crippen LogP contribution is 2.63. The summed E-state index contributed by atoms with van der Waals surface area (Å²) in [6, 6.07) is 37.6. The van der Waals surface area contributed by atoms with Crippen molar-refractivity contribution in [3.8, 4) is 5.75 Å². The zero-order valence-corrected chi connectivity index (χ0v) is 38.5. The number of nitrogens with zero attached hydrogens (tertiary/aromatic N) is 4. The van der Waals surface area contributed by atoms with Gasteiger partial charge in [0, 0.05) is 71.3 Å². The van der Waals surface area contributed by atoms with Gasteiger partial charge in [-0.15, -0.1) is 0 Å². The summed E-state index contributed by atoms with van der Waals surface area (Å²) in [4.78, 5) is 60.9. The van der Waals surface area contributed by atoms with Crippen molar-refractivity contribution < 1.29 is 19.2 Å². The molecule has 4 saturated carbocycles. The number of H-pyrrole nitrogens is 2. The molecule has 16 heteroatoms. The van der Waals surface area contributed by atoms with E-state index in [1.54, 1.807) is 0 Å². The maximum atomic E-state index is 12.8. The lowest BCUT2D eigenvalue weighted by atomic mass is 9.49. The Balaban J connectivity index is 0.000000129. The third kappa shape index (κ3) is 8.73. The van der Waals surface area contributed by atoms with E-state index in [4.69, 9.17) is 4.74 Å². The van der Waals surface area contributed by atoms with E-state index >= 15 is 0 Å². The molecule has 2 spiro atoms. The van der Waals surface area contributed by atoms with Gasteiger partial charge in [0.15, 0.2) is 0 Å². The summed E-state index contributed by atoms with van der Waals surface area (Å²) in [5.41, 5.74) is 7.19. The molecule has 2 aliphatic heterocycles. The van der Waals surface area contributed by atoms with Gasteiger partial charge >= 0.3 is 12.1 Å². The van der Waals surface area contributed by atoms with Gasteiger partial charge in [0.1, 0.15) is 5.75 Å². The molecule has 70 heavy (non-hydrogen) atoms. The molecule has 0 unspecified atom stereocenters. The topological polar surface area (TPSA) is 217 Å². The van der Waals surface area contributed by atoms with Crippen molar-refractivity contribution >= 4 is 50.7 Å². The maximum absolute atomic E-state index is 12.8. The van der Waals surface area contributed by atoms with Crippen LogP contribution < -0.4 is 36.7 Å². The molecule has 0 atom stereocenters. The third-order valence-corrected chi connectivity index (χ3v) is 15.4. The molecule has 5 N–H and O–H groups in total. The van der Waals surface area contributed by atoms with Crippen LogP contribution in [0.25, 0.3) is 21.5 Å². The van der Waals surface area contributed by atoms with E-state index in [9.17, 15) is 29.3 Å². The van der Waals surface area contributed by atoms with Gasteiger partial charge in [-0.3, -0.25) is 24.6 Å². The average molecular weight is 940 g/mol. The first-order valence-electron chi connectivity index (χ1n) is 24.2. The van der Waals surface area contributed by atoms with Crippen LogP contribution in [-0.2, 0) is 12.8 Å². The Kier molecular flexibility index (Phi) is 11.6. The molecular formula is C54H53N9O7. The van der Waals surface area contributed by atoms with E-state index in [0.29, 0.717) is 28.0 Å². The van der Waals surface area contributed by atoms with Crippen molar-refractivity contribution in [1.29, 1.82) is 0 Å². The number of urea groups is 1. The van der Waals surface area contributed by atoms with Crippen molar-refractivity contribution in [2.75, 3.05) is 23.3 Å². The van der Waals surface area contributed by atoms with E-state index in [2.05, 4.69) is 66.7 Å². The number of anilines is 2. The first-order chi connectivity index (χ1) is 34.0. The maximum Gasteiger partial charge on any atom is 0.412 e. The van der Waals surface area contributed by atoms with Crippen molar-refractivity contribution in [1.82, 2.24) is 31.0 Å². The Bertz CT molecular complexity index is 3230. The van der Waals surface area contributed by atoms with E-state index in [-0.39, 0.29) is 46.1 Å². The molecule has 0 bridgehead atoms. The number of carbonyl (C=O) groups excluding carboxylic acids is 2. The lowest BCUT2D eigenvalue weighted by Gasteiger charge is -2.57. The van der Waals surface area contributed by atoms with E-state index in [1.165, 1.54) is 47.5 Å². The Morgan fingerprint density at radius 3 is 1.71 bits per heavy atom. The molecule has 356 valence electrons. The standard InChI is InChI=1S/C24H24N4O2.C22H20N4O5.C8H9N/c29-22-19-7-3-2-6-18(19)21(26-27-22)16-11-24(12-16)13-17(14-24)25-23(30)28-10-9-15-5-1-4-8-20(15)28;27-20-18-4-2-1-3-17(18)19(24-25-20)13-9-22(10-13)11-14(12-22)23-21(28)31-16-7-5-15(6-8-16)26(29)30;1-2-4-8-7(3-1)5-6-9-8/h1-8,16-17H,9-14H2,(H,25,30)(H,27,29);1-8,13-14H,9-12H2,(H,23,28)(H,25,27);1-4,9H,5-6H2. The quantitative estimate of drug-likeness (QED) is 0.0787. The minimum Gasteiger partial charge on any atom is -0.410 e. The number of amides is 3. The molecule has 4 aliphatic carbocycles. The van der Waals surface area contributed by atoms with Crippen molar-refractivity contribution in [3.63, 3.8) is 0 Å². The number of non-ortho nitro benzene ring substituents is 1. The number of rotatable bonds is 6. The zero-order chi connectivity index (χ0) is 48.0. The number of nitrogens with one attached hydrogen (secondary N) is 5. The summed E-state index contributed by atoms with van der Waals surface area (Å²) >= 11 is 0. The monoisotopic (exact) mass is 939 g/mol. The van der Waals surface area contributed by atoms with Gasteiger partial charge in [0.25, 0.3) is 16.8 Å². The van der Waals surface area contributed by atoms with Crippen molar-refractivity contribution in [2.24, 2.45) is 10.8 Å². The summed E-state index contributed by atoms with van der Waals surface area (Å²) in [6.45, 7) is 1.87. The summed E-state index contributed by atoms with van der Waals surface area (Å²) in [6.07, 6.45) is 9.49. The first kappa shape index (κ1) is 44.6. The van der Waals surface area contributed by atoms with Crippen LogP contribution in [0.3, 0.4) is 0 Å². The SMILES string of the molecule is O=C(NC1CC2(C1)CC(c1n[nH]c(=O)c3ccccc13)C2)N1CCc2ccccc21.O=C(NC1CC2(C1)CC(c1n[nH]c(=O)c3ccccc13)C2)Oc1ccc([N+](=O)[O-])cc1.c1ccc2c(c1)CCN2. The lowest BCUT2D eigenvalue weighted by Crippen LogP contribution is -2.57. The fraction of sp³-hybridized carbons (Fsp3) is 0.333. The number of carbonyl (C=O) groups is 2. The fourth-order valence-corrected chi connectivity index (χ4v) is 12.1. The molecule has 16 nitrogen and oxygen atoms in total. The lowest BCUT2D eigenvalue weighted by molar-refractivity contribution is -0.384. The summed E-state index contributed by atoms with van der Waals surface area (Å²) < 4.78 is 5.21. The highest BCUT2D eigenvalue weighted by atomic mass is 16.6. The number of fused-ring (bicyclic) bond motifs is 4. The van der Waals surface area contributed by atoms with Crippen LogP contribution in [0.2, 0.25) is 0 Å². The Hall–Kier alpha value is -7.88. The molecular weight excluding hydrogens is 887 g/mol. The van der Waals surface area contributed by atoms with Crippen LogP contribution in [0, 0.1) is 20.9 Å². The second-order valence-electron chi connectivity index (χ2n) is 20.0. The van der Waals surface area contributed by atoms with E-state index in [0.717, 1.165) is 98.7 Å². The fourth-order valence-electron chi connectivity index (χ4n) is 12.1. The van der Waals surface area contributed by atoms with Crippen LogP contribution >= 0.6 is 0 Å². The predicted octanol–water partition coefficient (Wildman–Crippen LogP) is 9.02. The van der Waals surface area contributed by atoms with Crippen LogP contribution in [0.15, 0.2) is 131 Å². The van der Waals surface area contributed by atoms with Gasteiger partial charge < -0.3 is 20.7 Å². The van der Waals surface area contributed by atoms with Crippen molar-refractivity contribution in [2.45, 2.75) is 88.1 Å². The Labute approximate surface area is 402 Å². The Morgan fingerprint density at radius 2 is 1.14 bits per heavy atom. The molecule has 3 amide bonds. The molecule has 0 saturated heterocycles. The molecule has 0 radical (unpaired) electrons. The number of hydrogen-bond acceptors (Lipinski definition) is 10. The smallest absolute Gasteiger partial charge is 0.410 e. The molecule has 4 fully saturated rings. The van der Waals surface area contributed by atoms with Gasteiger partial charge in [-0.05, 0) is 123 Å².